The first kappa shape index (κ1) is 12.6. The summed E-state index contributed by atoms with van der Waals surface area (Å²) in [6.07, 6.45) is 3.87. The molecule has 0 heterocycles. The lowest BCUT2D eigenvalue weighted by Gasteiger charge is -2.32. The Labute approximate surface area is 107 Å². The zero-order valence-corrected chi connectivity index (χ0v) is 10.5. The van der Waals surface area contributed by atoms with Crippen LogP contribution in [0.4, 0.5) is 0 Å². The fraction of sp³-hybridized carbons (Fsp3) is 0.467. The molecule has 1 saturated carbocycles. The Morgan fingerprint density at radius 2 is 1.89 bits per heavy atom. The van der Waals surface area contributed by atoms with Crippen molar-refractivity contribution in [1.29, 1.82) is 5.26 Å². The predicted octanol–water partition coefficient (Wildman–Crippen LogP) is 3.57. The summed E-state index contributed by atoms with van der Waals surface area (Å²) in [5.41, 5.74) is 1.36. The molecule has 2 rings (SSSR count). The van der Waals surface area contributed by atoms with Gasteiger partial charge in [0.1, 0.15) is 0 Å². The first-order valence-electron chi connectivity index (χ1n) is 6.28. The molecule has 0 atom stereocenters. The third-order valence-corrected chi connectivity index (χ3v) is 3.99. The summed E-state index contributed by atoms with van der Waals surface area (Å²) in [6, 6.07) is 9.54. The first-order chi connectivity index (χ1) is 8.54. The lowest BCUT2D eigenvalue weighted by Crippen LogP contribution is -2.21. The van der Waals surface area contributed by atoms with Crippen molar-refractivity contribution < 1.29 is 9.90 Å². The predicted molar refractivity (Wildman–Crippen MR) is 68.3 cm³/mol. The van der Waals surface area contributed by atoms with E-state index in [9.17, 15) is 4.79 Å². The van der Waals surface area contributed by atoms with Crippen LogP contribution in [-0.4, -0.2) is 11.1 Å². The van der Waals surface area contributed by atoms with Gasteiger partial charge in [0, 0.05) is 0 Å². The van der Waals surface area contributed by atoms with E-state index in [1.165, 1.54) is 5.56 Å². The minimum atomic E-state index is -0.887. The Kier molecular flexibility index (Phi) is 3.38. The Hall–Kier alpha value is -1.82. The zero-order chi connectivity index (χ0) is 13.2. The fourth-order valence-corrected chi connectivity index (χ4v) is 2.60. The van der Waals surface area contributed by atoms with E-state index in [1.54, 1.807) is 12.1 Å². The Morgan fingerprint density at radius 3 is 2.33 bits per heavy atom. The van der Waals surface area contributed by atoms with E-state index in [1.807, 2.05) is 19.1 Å². The quantitative estimate of drug-likeness (QED) is 0.863. The van der Waals surface area contributed by atoms with E-state index in [4.69, 9.17) is 10.4 Å². The van der Waals surface area contributed by atoms with Gasteiger partial charge in [-0.3, -0.25) is 0 Å². The molecule has 0 amide bonds. The molecule has 0 saturated heterocycles. The van der Waals surface area contributed by atoms with Crippen LogP contribution in [0.15, 0.2) is 24.3 Å². The molecule has 94 valence electrons. The minimum Gasteiger partial charge on any atom is -0.478 e. The van der Waals surface area contributed by atoms with E-state index >= 15 is 0 Å². The van der Waals surface area contributed by atoms with Crippen LogP contribution in [0.2, 0.25) is 0 Å². The average Bonchev–Trinajstić information content (AvgIpc) is 2.40. The third kappa shape index (κ3) is 2.53. The molecule has 18 heavy (non-hydrogen) atoms. The number of hydrogen-bond acceptors (Lipinski definition) is 2. The Morgan fingerprint density at radius 1 is 1.33 bits per heavy atom. The molecule has 0 bridgehead atoms. The van der Waals surface area contributed by atoms with Crippen molar-refractivity contribution in [2.24, 2.45) is 5.41 Å². The SMILES string of the molecule is CC1(C#N)CCC(c2ccc(C(=O)O)cc2)CC1. The first-order valence-corrected chi connectivity index (χ1v) is 6.28. The van der Waals surface area contributed by atoms with Crippen LogP contribution < -0.4 is 0 Å². The molecule has 1 aromatic rings. The summed E-state index contributed by atoms with van der Waals surface area (Å²) in [5.74, 6) is -0.420. The van der Waals surface area contributed by atoms with Gasteiger partial charge in [0.2, 0.25) is 0 Å². The van der Waals surface area contributed by atoms with Gasteiger partial charge in [-0.15, -0.1) is 0 Å². The van der Waals surface area contributed by atoms with Crippen molar-refractivity contribution in [3.63, 3.8) is 0 Å². The largest absolute Gasteiger partial charge is 0.478 e. The maximum Gasteiger partial charge on any atom is 0.335 e. The van der Waals surface area contributed by atoms with Gasteiger partial charge in [0.25, 0.3) is 0 Å². The molecule has 1 aliphatic carbocycles. The minimum absolute atomic E-state index is 0.169. The van der Waals surface area contributed by atoms with E-state index < -0.39 is 5.97 Å². The van der Waals surface area contributed by atoms with Gasteiger partial charge in [0.05, 0.1) is 17.0 Å². The highest BCUT2D eigenvalue weighted by molar-refractivity contribution is 5.87. The number of aromatic carboxylic acids is 1. The van der Waals surface area contributed by atoms with E-state index in [0.29, 0.717) is 11.5 Å². The molecule has 0 unspecified atom stereocenters. The summed E-state index contributed by atoms with van der Waals surface area (Å²) in [7, 11) is 0. The number of carboxylic acid groups (broad SMARTS) is 1. The van der Waals surface area contributed by atoms with Crippen LogP contribution in [0.25, 0.3) is 0 Å². The topological polar surface area (TPSA) is 61.1 Å². The summed E-state index contributed by atoms with van der Waals surface area (Å²) < 4.78 is 0. The fourth-order valence-electron chi connectivity index (χ4n) is 2.60. The smallest absolute Gasteiger partial charge is 0.335 e. The normalized spacial score (nSPS) is 27.4. The number of carboxylic acids is 1. The molecule has 1 aromatic carbocycles. The maximum absolute atomic E-state index is 10.8. The number of nitriles is 1. The molecule has 1 fully saturated rings. The Balaban J connectivity index is 2.06. The molecule has 3 heteroatoms. The summed E-state index contributed by atoms with van der Waals surface area (Å²) in [4.78, 5) is 10.8. The van der Waals surface area contributed by atoms with Gasteiger partial charge in [-0.1, -0.05) is 12.1 Å². The molecule has 3 nitrogen and oxygen atoms in total. The van der Waals surface area contributed by atoms with Gasteiger partial charge in [-0.2, -0.15) is 5.26 Å². The molecular weight excluding hydrogens is 226 g/mol. The van der Waals surface area contributed by atoms with Crippen LogP contribution in [-0.2, 0) is 0 Å². The van der Waals surface area contributed by atoms with Crippen molar-refractivity contribution in [3.8, 4) is 6.07 Å². The van der Waals surface area contributed by atoms with Crippen LogP contribution >= 0.6 is 0 Å². The number of benzene rings is 1. The van der Waals surface area contributed by atoms with Crippen LogP contribution in [0, 0.1) is 16.7 Å². The molecule has 1 N–H and O–H groups in total. The number of carbonyl (C=O) groups is 1. The highest BCUT2D eigenvalue weighted by Crippen LogP contribution is 2.42. The summed E-state index contributed by atoms with van der Waals surface area (Å²) in [5, 5.41) is 17.9. The molecule has 0 aliphatic heterocycles. The van der Waals surface area contributed by atoms with Crippen LogP contribution in [0.1, 0.15) is 54.4 Å². The molecular formula is C15H17NO2. The number of rotatable bonds is 2. The van der Waals surface area contributed by atoms with Crippen molar-refractivity contribution in [2.45, 2.75) is 38.5 Å². The van der Waals surface area contributed by atoms with Crippen molar-refractivity contribution >= 4 is 5.97 Å². The number of hydrogen-bond donors (Lipinski definition) is 1. The second-order valence-corrected chi connectivity index (χ2v) is 5.37. The summed E-state index contributed by atoms with van der Waals surface area (Å²) >= 11 is 0. The van der Waals surface area contributed by atoms with E-state index in [-0.39, 0.29) is 5.41 Å². The van der Waals surface area contributed by atoms with Crippen molar-refractivity contribution in [2.75, 3.05) is 0 Å². The standard InChI is InChI=1S/C15H17NO2/c1-15(10-16)8-6-12(7-9-15)11-2-4-13(5-3-11)14(17)18/h2-5,12H,6-9H2,1H3,(H,17,18). The van der Waals surface area contributed by atoms with Gasteiger partial charge in [-0.25, -0.2) is 4.79 Å². The van der Waals surface area contributed by atoms with Gasteiger partial charge in [0.15, 0.2) is 0 Å². The van der Waals surface area contributed by atoms with Crippen LogP contribution in [0.5, 0.6) is 0 Å². The molecule has 0 spiro atoms. The second-order valence-electron chi connectivity index (χ2n) is 5.37. The summed E-state index contributed by atoms with van der Waals surface area (Å²) in [6.45, 7) is 2.02. The highest BCUT2D eigenvalue weighted by atomic mass is 16.4. The third-order valence-electron chi connectivity index (χ3n) is 3.99. The van der Waals surface area contributed by atoms with Crippen LogP contribution in [0.3, 0.4) is 0 Å². The van der Waals surface area contributed by atoms with Crippen molar-refractivity contribution in [3.05, 3.63) is 35.4 Å². The van der Waals surface area contributed by atoms with Crippen molar-refractivity contribution in [1.82, 2.24) is 0 Å². The Bertz CT molecular complexity index is 476. The lowest BCUT2D eigenvalue weighted by molar-refractivity contribution is 0.0697. The van der Waals surface area contributed by atoms with E-state index in [0.717, 1.165) is 25.7 Å². The molecule has 1 aliphatic rings. The van der Waals surface area contributed by atoms with E-state index in [2.05, 4.69) is 6.07 Å². The molecule has 0 radical (unpaired) electrons. The molecule has 0 aromatic heterocycles. The van der Waals surface area contributed by atoms with Gasteiger partial charge in [-0.05, 0) is 56.2 Å². The van der Waals surface area contributed by atoms with Gasteiger partial charge < -0.3 is 5.11 Å². The average molecular weight is 243 g/mol. The highest BCUT2D eigenvalue weighted by Gasteiger charge is 2.31. The van der Waals surface area contributed by atoms with Gasteiger partial charge >= 0.3 is 5.97 Å². The zero-order valence-electron chi connectivity index (χ0n) is 10.5. The lowest BCUT2D eigenvalue weighted by atomic mass is 9.71. The maximum atomic E-state index is 10.8. The number of nitrogens with zero attached hydrogens (tertiary/aromatic N) is 1. The monoisotopic (exact) mass is 243 g/mol. The second kappa shape index (κ2) is 4.81.